The Morgan fingerprint density at radius 1 is 1.21 bits per heavy atom. The quantitative estimate of drug-likeness (QED) is 0.778. The molecule has 0 saturated heterocycles. The maximum atomic E-state index is 5.95. The summed E-state index contributed by atoms with van der Waals surface area (Å²) in [7, 11) is 0. The van der Waals surface area contributed by atoms with Crippen molar-refractivity contribution < 1.29 is 0 Å². The number of nitrogens with two attached hydrogens (primary N) is 1. The predicted molar refractivity (Wildman–Crippen MR) is 89.5 cm³/mol. The van der Waals surface area contributed by atoms with Crippen LogP contribution in [0.1, 0.15) is 11.1 Å². The molecule has 0 saturated carbocycles. The molecular formula is C14H12BrClN2S. The Kier molecular flexibility index (Phi) is 4.45. The molecule has 2 rings (SSSR count). The van der Waals surface area contributed by atoms with Crippen molar-refractivity contribution in [3.05, 3.63) is 57.0 Å². The van der Waals surface area contributed by atoms with Crippen molar-refractivity contribution >= 4 is 56.1 Å². The van der Waals surface area contributed by atoms with Gasteiger partial charge in [-0.3, -0.25) is 0 Å². The molecule has 0 atom stereocenters. The highest BCUT2D eigenvalue weighted by Gasteiger charge is 2.07. The molecule has 0 bridgehead atoms. The van der Waals surface area contributed by atoms with Crippen molar-refractivity contribution in [2.24, 2.45) is 5.73 Å². The normalized spacial score (nSPS) is 10.3. The van der Waals surface area contributed by atoms with Crippen LogP contribution in [0.25, 0.3) is 0 Å². The smallest absolute Gasteiger partial charge is 0.106 e. The highest BCUT2D eigenvalue weighted by molar-refractivity contribution is 9.10. The molecule has 0 aliphatic carbocycles. The van der Waals surface area contributed by atoms with Gasteiger partial charge in [0.1, 0.15) is 4.99 Å². The molecule has 19 heavy (non-hydrogen) atoms. The van der Waals surface area contributed by atoms with Gasteiger partial charge < -0.3 is 11.1 Å². The summed E-state index contributed by atoms with van der Waals surface area (Å²) in [6.45, 7) is 1.99. The predicted octanol–water partition coefficient (Wildman–Crippen LogP) is 4.79. The van der Waals surface area contributed by atoms with Crippen molar-refractivity contribution in [1.82, 2.24) is 0 Å². The van der Waals surface area contributed by atoms with Crippen LogP contribution in [0.15, 0.2) is 40.9 Å². The summed E-state index contributed by atoms with van der Waals surface area (Å²) >= 11 is 14.5. The van der Waals surface area contributed by atoms with Crippen molar-refractivity contribution in [2.45, 2.75) is 6.92 Å². The molecule has 0 spiro atoms. The van der Waals surface area contributed by atoms with Gasteiger partial charge in [0.25, 0.3) is 0 Å². The van der Waals surface area contributed by atoms with Crippen molar-refractivity contribution in [3.8, 4) is 0 Å². The number of aryl methyl sites for hydroxylation is 1. The first-order chi connectivity index (χ1) is 8.97. The monoisotopic (exact) mass is 354 g/mol. The van der Waals surface area contributed by atoms with E-state index in [0.29, 0.717) is 10.0 Å². The second-order valence-corrected chi connectivity index (χ2v) is 5.93. The number of anilines is 2. The van der Waals surface area contributed by atoms with E-state index >= 15 is 0 Å². The van der Waals surface area contributed by atoms with Gasteiger partial charge >= 0.3 is 0 Å². The van der Waals surface area contributed by atoms with Gasteiger partial charge in [-0.25, -0.2) is 0 Å². The first-order valence-corrected chi connectivity index (χ1v) is 7.18. The SMILES string of the molecule is Cc1cc(Cl)ccc1Nc1cc(Br)ccc1C(N)=S. The molecule has 0 amide bonds. The van der Waals surface area contributed by atoms with E-state index in [1.165, 1.54) is 0 Å². The van der Waals surface area contributed by atoms with Gasteiger partial charge in [0, 0.05) is 26.4 Å². The molecule has 0 unspecified atom stereocenters. The highest BCUT2D eigenvalue weighted by Crippen LogP contribution is 2.28. The lowest BCUT2D eigenvalue weighted by Crippen LogP contribution is -2.12. The summed E-state index contributed by atoms with van der Waals surface area (Å²) in [5.74, 6) is 0. The molecule has 5 heteroatoms. The van der Waals surface area contributed by atoms with Crippen LogP contribution in [0.4, 0.5) is 11.4 Å². The standard InChI is InChI=1S/C14H12BrClN2S/c1-8-6-10(16)3-5-12(8)18-13-7-9(15)2-4-11(13)14(17)19/h2-7,18H,1H3,(H2,17,19). The fourth-order valence-electron chi connectivity index (χ4n) is 1.75. The third kappa shape index (κ3) is 3.47. The average Bonchev–Trinajstić information content (AvgIpc) is 2.32. The van der Waals surface area contributed by atoms with E-state index < -0.39 is 0 Å². The van der Waals surface area contributed by atoms with E-state index in [9.17, 15) is 0 Å². The zero-order chi connectivity index (χ0) is 14.0. The summed E-state index contributed by atoms with van der Waals surface area (Å²) in [4.78, 5) is 0.363. The Balaban J connectivity index is 2.42. The zero-order valence-electron chi connectivity index (χ0n) is 10.2. The zero-order valence-corrected chi connectivity index (χ0v) is 13.4. The van der Waals surface area contributed by atoms with Crippen LogP contribution in [0.3, 0.4) is 0 Å². The summed E-state index contributed by atoms with van der Waals surface area (Å²) < 4.78 is 0.960. The third-order valence-electron chi connectivity index (χ3n) is 2.70. The Morgan fingerprint density at radius 2 is 1.95 bits per heavy atom. The molecule has 0 aliphatic rings. The molecule has 0 radical (unpaired) electrons. The van der Waals surface area contributed by atoms with Crippen molar-refractivity contribution in [2.75, 3.05) is 5.32 Å². The topological polar surface area (TPSA) is 38.0 Å². The van der Waals surface area contributed by atoms with Crippen LogP contribution >= 0.6 is 39.7 Å². The molecule has 3 N–H and O–H groups in total. The molecular weight excluding hydrogens is 344 g/mol. The van der Waals surface area contributed by atoms with Crippen LogP contribution in [0.5, 0.6) is 0 Å². The first-order valence-electron chi connectivity index (χ1n) is 5.60. The van der Waals surface area contributed by atoms with Crippen molar-refractivity contribution in [1.29, 1.82) is 0 Å². The Labute approximate surface area is 131 Å². The number of thiocarbonyl (C=S) groups is 1. The Morgan fingerprint density at radius 3 is 2.58 bits per heavy atom. The van der Waals surface area contributed by atoms with E-state index in [4.69, 9.17) is 29.6 Å². The maximum Gasteiger partial charge on any atom is 0.106 e. The number of benzene rings is 2. The molecule has 0 aromatic heterocycles. The van der Waals surface area contributed by atoms with Gasteiger partial charge in [0.2, 0.25) is 0 Å². The van der Waals surface area contributed by atoms with E-state index in [1.807, 2.05) is 43.3 Å². The molecule has 98 valence electrons. The van der Waals surface area contributed by atoms with Gasteiger partial charge in [-0.15, -0.1) is 0 Å². The third-order valence-corrected chi connectivity index (χ3v) is 3.65. The second-order valence-electron chi connectivity index (χ2n) is 4.14. The molecule has 0 heterocycles. The van der Waals surface area contributed by atoms with E-state index in [1.54, 1.807) is 0 Å². The fraction of sp³-hybridized carbons (Fsp3) is 0.0714. The Bertz CT molecular complexity index is 643. The molecule has 2 aromatic rings. The molecule has 2 aromatic carbocycles. The average molecular weight is 356 g/mol. The van der Waals surface area contributed by atoms with E-state index in [0.717, 1.165) is 27.0 Å². The van der Waals surface area contributed by atoms with E-state index in [2.05, 4.69) is 21.2 Å². The first kappa shape index (κ1) is 14.3. The van der Waals surface area contributed by atoms with Crippen molar-refractivity contribution in [3.63, 3.8) is 0 Å². The minimum atomic E-state index is 0.363. The van der Waals surface area contributed by atoms with E-state index in [-0.39, 0.29) is 0 Å². The van der Waals surface area contributed by atoms with Crippen LogP contribution in [-0.2, 0) is 0 Å². The summed E-state index contributed by atoms with van der Waals surface area (Å²) in [6, 6.07) is 11.4. The number of halogens is 2. The lowest BCUT2D eigenvalue weighted by Gasteiger charge is -2.14. The van der Waals surface area contributed by atoms with Gasteiger partial charge in [-0.05, 0) is 48.9 Å². The maximum absolute atomic E-state index is 5.95. The lowest BCUT2D eigenvalue weighted by atomic mass is 10.1. The number of rotatable bonds is 3. The van der Waals surface area contributed by atoms with Gasteiger partial charge in [-0.1, -0.05) is 39.7 Å². The lowest BCUT2D eigenvalue weighted by molar-refractivity contribution is 1.42. The molecule has 2 nitrogen and oxygen atoms in total. The summed E-state index contributed by atoms with van der Waals surface area (Å²) in [5.41, 5.74) is 9.44. The summed E-state index contributed by atoms with van der Waals surface area (Å²) in [5, 5.41) is 4.05. The highest BCUT2D eigenvalue weighted by atomic mass is 79.9. The fourth-order valence-corrected chi connectivity index (χ4v) is 2.51. The molecule has 0 aliphatic heterocycles. The van der Waals surface area contributed by atoms with Gasteiger partial charge in [-0.2, -0.15) is 0 Å². The number of hydrogen-bond donors (Lipinski definition) is 2. The second kappa shape index (κ2) is 5.90. The minimum Gasteiger partial charge on any atom is -0.389 e. The molecule has 0 fully saturated rings. The summed E-state index contributed by atoms with van der Waals surface area (Å²) in [6.07, 6.45) is 0. The van der Waals surface area contributed by atoms with Gasteiger partial charge in [0.05, 0.1) is 0 Å². The number of nitrogens with one attached hydrogen (secondary N) is 1. The van der Waals surface area contributed by atoms with Crippen LogP contribution < -0.4 is 11.1 Å². The Hall–Kier alpha value is -1.10. The van der Waals surface area contributed by atoms with Gasteiger partial charge in [0.15, 0.2) is 0 Å². The van der Waals surface area contributed by atoms with Crippen LogP contribution in [-0.4, -0.2) is 4.99 Å². The largest absolute Gasteiger partial charge is 0.389 e. The minimum absolute atomic E-state index is 0.363. The number of hydrogen-bond acceptors (Lipinski definition) is 2. The van der Waals surface area contributed by atoms with Crippen LogP contribution in [0.2, 0.25) is 5.02 Å². The van der Waals surface area contributed by atoms with Crippen LogP contribution in [0, 0.1) is 6.92 Å².